The van der Waals surface area contributed by atoms with E-state index in [-0.39, 0.29) is 27.5 Å². The van der Waals surface area contributed by atoms with E-state index in [1.807, 2.05) is 0 Å². The van der Waals surface area contributed by atoms with E-state index in [0.29, 0.717) is 0 Å². The molecule has 2 aromatic heterocycles. The summed E-state index contributed by atoms with van der Waals surface area (Å²) in [6, 6.07) is 3.03. The molecule has 20 heavy (non-hydrogen) atoms. The van der Waals surface area contributed by atoms with Gasteiger partial charge >= 0.3 is 5.97 Å². The van der Waals surface area contributed by atoms with Crippen LogP contribution in [-0.2, 0) is 0 Å². The normalized spacial score (nSPS) is 13.8. The molecule has 0 bridgehead atoms. The molecule has 0 radical (unpaired) electrons. The zero-order valence-electron chi connectivity index (χ0n) is 10.2. The standard InChI is InChI=1S/C12H7N3O4S/c1-5-7(12(18)19)11(20-14-5)15-9(16)6-3-2-4-13-8(6)10(15)17/h2-4H,1H3,(H,18,19). The number of aromatic carboxylic acids is 1. The highest BCUT2D eigenvalue weighted by molar-refractivity contribution is 7.11. The third-order valence-corrected chi connectivity index (χ3v) is 3.83. The third kappa shape index (κ3) is 1.55. The van der Waals surface area contributed by atoms with E-state index in [1.165, 1.54) is 19.2 Å². The summed E-state index contributed by atoms with van der Waals surface area (Å²) >= 11 is 0.806. The van der Waals surface area contributed by atoms with E-state index >= 15 is 0 Å². The Hall–Kier alpha value is -2.61. The number of pyridine rings is 1. The Labute approximate surface area is 116 Å². The molecule has 1 N–H and O–H groups in total. The Morgan fingerprint density at radius 1 is 1.35 bits per heavy atom. The number of hydrogen-bond acceptors (Lipinski definition) is 6. The zero-order valence-corrected chi connectivity index (χ0v) is 11.0. The van der Waals surface area contributed by atoms with E-state index in [1.54, 1.807) is 6.07 Å². The number of aryl methyl sites for hydroxylation is 1. The van der Waals surface area contributed by atoms with Gasteiger partial charge in [-0.1, -0.05) is 0 Å². The van der Waals surface area contributed by atoms with Gasteiger partial charge in [0.15, 0.2) is 0 Å². The molecular weight excluding hydrogens is 282 g/mol. The molecule has 3 rings (SSSR count). The maximum absolute atomic E-state index is 12.2. The Bertz CT molecular complexity index is 733. The maximum atomic E-state index is 12.2. The first kappa shape index (κ1) is 12.4. The third-order valence-electron chi connectivity index (χ3n) is 2.91. The number of nitrogens with zero attached hydrogens (tertiary/aromatic N) is 3. The van der Waals surface area contributed by atoms with Crippen LogP contribution in [0.4, 0.5) is 5.00 Å². The van der Waals surface area contributed by atoms with E-state index in [9.17, 15) is 19.5 Å². The van der Waals surface area contributed by atoms with Crippen molar-refractivity contribution in [2.24, 2.45) is 0 Å². The molecule has 100 valence electrons. The van der Waals surface area contributed by atoms with E-state index < -0.39 is 17.8 Å². The van der Waals surface area contributed by atoms with Crippen molar-refractivity contribution in [3.8, 4) is 0 Å². The van der Waals surface area contributed by atoms with Crippen LogP contribution in [0, 0.1) is 6.92 Å². The second-order valence-electron chi connectivity index (χ2n) is 4.10. The average Bonchev–Trinajstić information content (AvgIpc) is 2.90. The molecule has 2 aromatic rings. The highest BCUT2D eigenvalue weighted by Crippen LogP contribution is 2.34. The van der Waals surface area contributed by atoms with Crippen molar-refractivity contribution < 1.29 is 19.5 Å². The molecule has 1 aliphatic heterocycles. The van der Waals surface area contributed by atoms with Gasteiger partial charge in [-0.25, -0.2) is 9.69 Å². The van der Waals surface area contributed by atoms with Crippen molar-refractivity contribution in [2.45, 2.75) is 6.92 Å². The number of carboxylic acid groups (broad SMARTS) is 1. The van der Waals surface area contributed by atoms with Crippen LogP contribution in [0.1, 0.15) is 36.9 Å². The van der Waals surface area contributed by atoms with Gasteiger partial charge in [0.2, 0.25) is 0 Å². The Kier molecular flexibility index (Phi) is 2.61. The second-order valence-corrected chi connectivity index (χ2v) is 4.85. The SMILES string of the molecule is Cc1nsc(N2C(=O)c3cccnc3C2=O)c1C(=O)O. The predicted octanol–water partition coefficient (Wildman–Crippen LogP) is 1.35. The number of aromatic nitrogens is 2. The summed E-state index contributed by atoms with van der Waals surface area (Å²) in [7, 11) is 0. The molecule has 0 aliphatic carbocycles. The van der Waals surface area contributed by atoms with E-state index in [0.717, 1.165) is 16.4 Å². The largest absolute Gasteiger partial charge is 0.478 e. The van der Waals surface area contributed by atoms with Crippen LogP contribution < -0.4 is 4.90 Å². The molecule has 7 nitrogen and oxygen atoms in total. The molecule has 3 heterocycles. The molecule has 0 spiro atoms. The summed E-state index contributed by atoms with van der Waals surface area (Å²) in [5.41, 5.74) is 0.325. The maximum Gasteiger partial charge on any atom is 0.340 e. The fourth-order valence-corrected chi connectivity index (χ4v) is 2.90. The summed E-state index contributed by atoms with van der Waals surface area (Å²) in [6.07, 6.45) is 1.41. The lowest BCUT2D eigenvalue weighted by Gasteiger charge is -2.11. The highest BCUT2D eigenvalue weighted by atomic mass is 32.1. The first-order valence-corrected chi connectivity index (χ1v) is 6.33. The first-order valence-electron chi connectivity index (χ1n) is 5.55. The fourth-order valence-electron chi connectivity index (χ4n) is 2.01. The summed E-state index contributed by atoms with van der Waals surface area (Å²) in [4.78, 5) is 40.4. The minimum absolute atomic E-state index is 0.0167. The van der Waals surface area contributed by atoms with Crippen molar-refractivity contribution in [2.75, 3.05) is 4.90 Å². The van der Waals surface area contributed by atoms with E-state index in [2.05, 4.69) is 9.36 Å². The lowest BCUT2D eigenvalue weighted by molar-refractivity contribution is 0.0697. The van der Waals surface area contributed by atoms with Crippen LogP contribution >= 0.6 is 11.5 Å². The van der Waals surface area contributed by atoms with Crippen LogP contribution in [-0.4, -0.2) is 32.2 Å². The monoisotopic (exact) mass is 289 g/mol. The average molecular weight is 289 g/mol. The molecule has 0 unspecified atom stereocenters. The molecule has 0 saturated heterocycles. The number of fused-ring (bicyclic) bond motifs is 1. The van der Waals surface area contributed by atoms with Crippen LogP contribution in [0.25, 0.3) is 0 Å². The Morgan fingerprint density at radius 3 is 2.75 bits per heavy atom. The molecule has 8 heteroatoms. The molecule has 2 amide bonds. The molecule has 1 aliphatic rings. The number of anilines is 1. The number of carboxylic acids is 1. The summed E-state index contributed by atoms with van der Waals surface area (Å²) in [5, 5.41) is 9.20. The minimum atomic E-state index is -1.23. The molecule has 0 atom stereocenters. The number of amides is 2. The van der Waals surface area contributed by atoms with Crippen LogP contribution in [0.15, 0.2) is 18.3 Å². The molecule has 0 saturated carbocycles. The smallest absolute Gasteiger partial charge is 0.340 e. The number of carbonyl (C=O) groups is 3. The van der Waals surface area contributed by atoms with Crippen molar-refractivity contribution in [1.29, 1.82) is 0 Å². The summed E-state index contributed by atoms with van der Waals surface area (Å²) in [6.45, 7) is 1.51. The van der Waals surface area contributed by atoms with Gasteiger partial charge in [-0.15, -0.1) is 0 Å². The van der Waals surface area contributed by atoms with Crippen molar-refractivity contribution in [1.82, 2.24) is 9.36 Å². The van der Waals surface area contributed by atoms with Gasteiger partial charge in [-0.3, -0.25) is 14.6 Å². The van der Waals surface area contributed by atoms with Gasteiger partial charge in [-0.05, 0) is 30.6 Å². The first-order chi connectivity index (χ1) is 9.52. The fraction of sp³-hybridized carbons (Fsp3) is 0.0833. The second kappa shape index (κ2) is 4.20. The predicted molar refractivity (Wildman–Crippen MR) is 69.2 cm³/mol. The summed E-state index contributed by atoms with van der Waals surface area (Å²) < 4.78 is 3.91. The Morgan fingerprint density at radius 2 is 2.10 bits per heavy atom. The van der Waals surface area contributed by atoms with Crippen LogP contribution in [0.2, 0.25) is 0 Å². The van der Waals surface area contributed by atoms with Crippen molar-refractivity contribution in [3.63, 3.8) is 0 Å². The highest BCUT2D eigenvalue weighted by Gasteiger charge is 2.41. The van der Waals surface area contributed by atoms with Crippen molar-refractivity contribution >= 4 is 34.3 Å². The van der Waals surface area contributed by atoms with Gasteiger partial charge in [0, 0.05) is 6.20 Å². The number of carbonyl (C=O) groups excluding carboxylic acids is 2. The lowest BCUT2D eigenvalue weighted by Crippen LogP contribution is -2.30. The van der Waals surface area contributed by atoms with Gasteiger partial charge in [0.25, 0.3) is 11.8 Å². The van der Waals surface area contributed by atoms with Crippen molar-refractivity contribution in [3.05, 3.63) is 40.8 Å². The number of imide groups is 1. The lowest BCUT2D eigenvalue weighted by atomic mass is 10.2. The zero-order chi connectivity index (χ0) is 14.4. The van der Waals surface area contributed by atoms with Gasteiger partial charge in [0.05, 0.1) is 11.3 Å². The number of rotatable bonds is 2. The quantitative estimate of drug-likeness (QED) is 0.837. The van der Waals surface area contributed by atoms with E-state index in [4.69, 9.17) is 0 Å². The van der Waals surface area contributed by atoms with Gasteiger partial charge in [0.1, 0.15) is 16.3 Å². The van der Waals surface area contributed by atoms with Gasteiger partial charge < -0.3 is 5.11 Å². The van der Waals surface area contributed by atoms with Crippen LogP contribution in [0.5, 0.6) is 0 Å². The van der Waals surface area contributed by atoms with Crippen LogP contribution in [0.3, 0.4) is 0 Å². The van der Waals surface area contributed by atoms with Gasteiger partial charge in [-0.2, -0.15) is 4.37 Å². The topological polar surface area (TPSA) is 100 Å². The molecular formula is C12H7N3O4S. The number of hydrogen-bond donors (Lipinski definition) is 1. The molecule has 0 aromatic carbocycles. The molecule has 0 fully saturated rings. The minimum Gasteiger partial charge on any atom is -0.478 e. The summed E-state index contributed by atoms with van der Waals surface area (Å²) in [5.74, 6) is -2.43. The Balaban J connectivity index is 2.17.